The van der Waals surface area contributed by atoms with Crippen LogP contribution in [0.15, 0.2) is 23.1 Å². The third-order valence-corrected chi connectivity index (χ3v) is 5.62. The Morgan fingerprint density at radius 1 is 1.32 bits per heavy atom. The van der Waals surface area contributed by atoms with Crippen LogP contribution in [0.3, 0.4) is 0 Å². The van der Waals surface area contributed by atoms with E-state index in [4.69, 9.17) is 10.9 Å². The molecule has 1 saturated heterocycles. The quantitative estimate of drug-likeness (QED) is 0.646. The third-order valence-electron chi connectivity index (χ3n) is 2.94. The Labute approximate surface area is 112 Å². The first kappa shape index (κ1) is 14.1. The van der Waals surface area contributed by atoms with Gasteiger partial charge >= 0.3 is 0 Å². The van der Waals surface area contributed by atoms with Gasteiger partial charge < -0.3 is 11.1 Å². The molecule has 0 saturated carbocycles. The molecule has 0 spiro atoms. The number of anilines is 2. The predicted octanol–water partition coefficient (Wildman–Crippen LogP) is -0.485. The second-order valence-corrected chi connectivity index (χ2v) is 8.33. The molecule has 1 heterocycles. The van der Waals surface area contributed by atoms with Crippen molar-refractivity contribution in [3.8, 4) is 0 Å². The van der Waals surface area contributed by atoms with Crippen molar-refractivity contribution in [2.75, 3.05) is 22.6 Å². The van der Waals surface area contributed by atoms with Crippen molar-refractivity contribution in [1.82, 2.24) is 0 Å². The Bertz CT molecular complexity index is 697. The molecule has 5 N–H and O–H groups in total. The van der Waals surface area contributed by atoms with E-state index in [9.17, 15) is 16.8 Å². The number of hydrogen-bond acceptors (Lipinski definition) is 6. The highest BCUT2D eigenvalue weighted by atomic mass is 32.2. The van der Waals surface area contributed by atoms with E-state index in [0.717, 1.165) is 0 Å². The van der Waals surface area contributed by atoms with E-state index in [-0.39, 0.29) is 28.1 Å². The number of nitrogens with one attached hydrogen (secondary N) is 1. The van der Waals surface area contributed by atoms with Crippen LogP contribution in [-0.2, 0) is 19.9 Å². The average Bonchev–Trinajstić information content (AvgIpc) is 2.59. The molecule has 2 rings (SSSR count). The van der Waals surface area contributed by atoms with Gasteiger partial charge in [-0.25, -0.2) is 22.0 Å². The second kappa shape index (κ2) is 4.66. The van der Waals surface area contributed by atoms with Gasteiger partial charge in [0.2, 0.25) is 10.0 Å². The number of hydrogen-bond donors (Lipinski definition) is 3. The molecule has 1 fully saturated rings. The summed E-state index contributed by atoms with van der Waals surface area (Å²) in [5.41, 5.74) is 6.46. The highest BCUT2D eigenvalue weighted by molar-refractivity contribution is 7.91. The first-order valence-electron chi connectivity index (χ1n) is 5.57. The summed E-state index contributed by atoms with van der Waals surface area (Å²) >= 11 is 0. The molecule has 1 aromatic carbocycles. The summed E-state index contributed by atoms with van der Waals surface area (Å²) in [6.45, 7) is 0. The summed E-state index contributed by atoms with van der Waals surface area (Å²) in [7, 11) is -6.77. The van der Waals surface area contributed by atoms with E-state index in [2.05, 4.69) is 5.32 Å². The lowest BCUT2D eigenvalue weighted by Crippen LogP contribution is -2.21. The van der Waals surface area contributed by atoms with Gasteiger partial charge in [-0.05, 0) is 24.6 Å². The van der Waals surface area contributed by atoms with Gasteiger partial charge in [0.05, 0.1) is 27.8 Å². The standard InChI is InChI=1S/C10H15N3O4S2/c11-9-5-8(19(12,16)17)1-2-10(9)13-7-3-4-18(14,15)6-7/h1-2,5,7,13H,3-4,6,11H2,(H2,12,16,17). The fourth-order valence-corrected chi connectivity index (χ4v) is 4.20. The van der Waals surface area contributed by atoms with Gasteiger partial charge in [-0.15, -0.1) is 0 Å². The van der Waals surface area contributed by atoms with Crippen molar-refractivity contribution in [3.05, 3.63) is 18.2 Å². The molecule has 0 radical (unpaired) electrons. The van der Waals surface area contributed by atoms with E-state index in [1.807, 2.05) is 0 Å². The minimum atomic E-state index is -3.79. The molecule has 0 amide bonds. The first-order chi connectivity index (χ1) is 8.67. The van der Waals surface area contributed by atoms with Gasteiger partial charge in [0.25, 0.3) is 0 Å². The number of benzene rings is 1. The molecule has 1 atom stereocenters. The van der Waals surface area contributed by atoms with Crippen LogP contribution in [-0.4, -0.2) is 34.4 Å². The smallest absolute Gasteiger partial charge is 0.238 e. The summed E-state index contributed by atoms with van der Waals surface area (Å²) < 4.78 is 45.0. The molecule has 7 nitrogen and oxygen atoms in total. The molecule has 9 heteroatoms. The minimum absolute atomic E-state index is 0.0589. The van der Waals surface area contributed by atoms with Gasteiger partial charge in [0.15, 0.2) is 9.84 Å². The molecule has 0 aliphatic carbocycles. The Balaban J connectivity index is 2.19. The van der Waals surface area contributed by atoms with Gasteiger partial charge in [-0.2, -0.15) is 0 Å². The maximum atomic E-state index is 11.3. The minimum Gasteiger partial charge on any atom is -0.397 e. The lowest BCUT2D eigenvalue weighted by molar-refractivity contribution is 0.597. The van der Waals surface area contributed by atoms with Crippen LogP contribution in [0.2, 0.25) is 0 Å². The van der Waals surface area contributed by atoms with Gasteiger partial charge in [-0.3, -0.25) is 0 Å². The van der Waals surface area contributed by atoms with Gasteiger partial charge in [0.1, 0.15) is 0 Å². The van der Waals surface area contributed by atoms with Gasteiger partial charge in [-0.1, -0.05) is 0 Å². The van der Waals surface area contributed by atoms with E-state index >= 15 is 0 Å². The SMILES string of the molecule is Nc1cc(S(N)(=O)=O)ccc1NC1CCS(=O)(=O)C1. The summed E-state index contributed by atoms with van der Waals surface area (Å²) in [5.74, 6) is 0.212. The van der Waals surface area contributed by atoms with Crippen LogP contribution in [0.25, 0.3) is 0 Å². The lowest BCUT2D eigenvalue weighted by atomic mass is 10.2. The predicted molar refractivity (Wildman–Crippen MR) is 72.9 cm³/mol. The highest BCUT2D eigenvalue weighted by Gasteiger charge is 2.28. The normalized spacial score (nSPS) is 22.3. The van der Waals surface area contributed by atoms with Crippen LogP contribution < -0.4 is 16.2 Å². The summed E-state index contributed by atoms with van der Waals surface area (Å²) in [6, 6.07) is 3.87. The van der Waals surface area contributed by atoms with Crippen molar-refractivity contribution < 1.29 is 16.8 Å². The summed E-state index contributed by atoms with van der Waals surface area (Å²) in [4.78, 5) is -0.0745. The van der Waals surface area contributed by atoms with Crippen molar-refractivity contribution in [2.24, 2.45) is 5.14 Å². The molecule has 1 aliphatic heterocycles. The Morgan fingerprint density at radius 3 is 2.47 bits per heavy atom. The third kappa shape index (κ3) is 3.37. The Kier molecular flexibility index (Phi) is 3.45. The zero-order valence-electron chi connectivity index (χ0n) is 10.0. The van der Waals surface area contributed by atoms with Crippen molar-refractivity contribution in [1.29, 1.82) is 0 Å². The average molecular weight is 305 g/mol. The molecular weight excluding hydrogens is 290 g/mol. The molecule has 1 unspecified atom stereocenters. The molecule has 0 bridgehead atoms. The monoisotopic (exact) mass is 305 g/mol. The number of sulfonamides is 1. The fourth-order valence-electron chi connectivity index (χ4n) is 1.98. The second-order valence-electron chi connectivity index (χ2n) is 4.54. The van der Waals surface area contributed by atoms with Crippen LogP contribution >= 0.6 is 0 Å². The fraction of sp³-hybridized carbons (Fsp3) is 0.400. The Morgan fingerprint density at radius 2 is 2.00 bits per heavy atom. The van der Waals surface area contributed by atoms with E-state index in [0.29, 0.717) is 12.1 Å². The molecule has 106 valence electrons. The van der Waals surface area contributed by atoms with Gasteiger partial charge in [0, 0.05) is 6.04 Å². The summed E-state index contributed by atoms with van der Waals surface area (Å²) in [6.07, 6.45) is 0.513. The number of nitrogen functional groups attached to an aromatic ring is 1. The summed E-state index contributed by atoms with van der Waals surface area (Å²) in [5, 5.41) is 8.00. The lowest BCUT2D eigenvalue weighted by Gasteiger charge is -2.15. The molecule has 1 aromatic rings. The Hall–Kier alpha value is -1.32. The van der Waals surface area contributed by atoms with Crippen LogP contribution in [0.4, 0.5) is 11.4 Å². The van der Waals surface area contributed by atoms with E-state index in [1.165, 1.54) is 18.2 Å². The van der Waals surface area contributed by atoms with Crippen molar-refractivity contribution in [2.45, 2.75) is 17.4 Å². The van der Waals surface area contributed by atoms with Crippen molar-refractivity contribution in [3.63, 3.8) is 0 Å². The number of primary sulfonamides is 1. The number of rotatable bonds is 3. The topological polar surface area (TPSA) is 132 Å². The zero-order valence-corrected chi connectivity index (χ0v) is 11.7. The molecule has 19 heavy (non-hydrogen) atoms. The van der Waals surface area contributed by atoms with E-state index in [1.54, 1.807) is 0 Å². The number of sulfone groups is 1. The van der Waals surface area contributed by atoms with Crippen LogP contribution in [0.5, 0.6) is 0 Å². The maximum absolute atomic E-state index is 11.3. The van der Waals surface area contributed by atoms with Crippen LogP contribution in [0, 0.1) is 0 Å². The van der Waals surface area contributed by atoms with E-state index < -0.39 is 19.9 Å². The largest absolute Gasteiger partial charge is 0.397 e. The maximum Gasteiger partial charge on any atom is 0.238 e. The molecule has 1 aliphatic rings. The van der Waals surface area contributed by atoms with Crippen LogP contribution in [0.1, 0.15) is 6.42 Å². The number of nitrogens with two attached hydrogens (primary N) is 2. The zero-order chi connectivity index (χ0) is 14.3. The first-order valence-corrected chi connectivity index (χ1v) is 8.93. The van der Waals surface area contributed by atoms with Crippen molar-refractivity contribution >= 4 is 31.2 Å². The highest BCUT2D eigenvalue weighted by Crippen LogP contribution is 2.25. The molecule has 0 aromatic heterocycles. The molecular formula is C10H15N3O4S2.